The highest BCUT2D eigenvalue weighted by Crippen LogP contribution is 2.47. The van der Waals surface area contributed by atoms with Crippen molar-refractivity contribution in [1.82, 2.24) is 14.9 Å². The molecule has 1 fully saturated rings. The SMILES string of the molecule is O=C([O-])[C@@H]1[C@@H](C(=O)NCCCn2ccnc2)[C@H]2C=C[C@H]1C2. The van der Waals surface area contributed by atoms with E-state index < -0.39 is 17.8 Å². The van der Waals surface area contributed by atoms with Gasteiger partial charge in [0.2, 0.25) is 5.91 Å². The molecule has 1 saturated carbocycles. The molecule has 2 aliphatic carbocycles. The summed E-state index contributed by atoms with van der Waals surface area (Å²) in [6.07, 6.45) is 10.7. The molecule has 3 rings (SSSR count). The van der Waals surface area contributed by atoms with Crippen LogP contribution in [-0.4, -0.2) is 28.0 Å². The zero-order valence-electron chi connectivity index (χ0n) is 11.6. The molecule has 112 valence electrons. The van der Waals surface area contributed by atoms with E-state index in [0.29, 0.717) is 6.54 Å². The van der Waals surface area contributed by atoms with E-state index in [1.807, 2.05) is 22.9 Å². The number of hydrogen-bond donors (Lipinski definition) is 1. The summed E-state index contributed by atoms with van der Waals surface area (Å²) >= 11 is 0. The molecule has 1 aromatic heterocycles. The summed E-state index contributed by atoms with van der Waals surface area (Å²) in [5.74, 6) is -2.41. The van der Waals surface area contributed by atoms with E-state index in [2.05, 4.69) is 10.3 Å². The van der Waals surface area contributed by atoms with Crippen LogP contribution in [0.1, 0.15) is 12.8 Å². The Morgan fingerprint density at radius 1 is 1.29 bits per heavy atom. The average molecular weight is 288 g/mol. The Balaban J connectivity index is 1.51. The van der Waals surface area contributed by atoms with Crippen molar-refractivity contribution in [3.63, 3.8) is 0 Å². The number of amides is 1. The second kappa shape index (κ2) is 5.71. The van der Waals surface area contributed by atoms with Gasteiger partial charge >= 0.3 is 0 Å². The highest BCUT2D eigenvalue weighted by atomic mass is 16.4. The smallest absolute Gasteiger partial charge is 0.224 e. The third kappa shape index (κ3) is 2.70. The van der Waals surface area contributed by atoms with Crippen molar-refractivity contribution in [3.05, 3.63) is 30.9 Å². The van der Waals surface area contributed by atoms with Crippen LogP contribution in [-0.2, 0) is 16.1 Å². The first kappa shape index (κ1) is 13.9. The van der Waals surface area contributed by atoms with Gasteiger partial charge in [0.1, 0.15) is 0 Å². The molecule has 21 heavy (non-hydrogen) atoms. The third-order valence-electron chi connectivity index (χ3n) is 4.49. The number of hydrogen-bond acceptors (Lipinski definition) is 4. The van der Waals surface area contributed by atoms with Crippen LogP contribution in [0.3, 0.4) is 0 Å². The van der Waals surface area contributed by atoms with E-state index in [0.717, 1.165) is 19.4 Å². The summed E-state index contributed by atoms with van der Waals surface area (Å²) in [5, 5.41) is 14.1. The first-order chi connectivity index (χ1) is 10.2. The van der Waals surface area contributed by atoms with Crippen molar-refractivity contribution in [1.29, 1.82) is 0 Å². The van der Waals surface area contributed by atoms with Gasteiger partial charge in [-0.2, -0.15) is 0 Å². The quantitative estimate of drug-likeness (QED) is 0.569. The second-order valence-corrected chi connectivity index (χ2v) is 5.76. The average Bonchev–Trinajstić information content (AvgIpc) is 3.18. The largest absolute Gasteiger partial charge is 0.550 e. The van der Waals surface area contributed by atoms with Crippen molar-refractivity contribution in [3.8, 4) is 0 Å². The van der Waals surface area contributed by atoms with Gasteiger partial charge in [0.05, 0.1) is 12.2 Å². The Kier molecular flexibility index (Phi) is 3.77. The van der Waals surface area contributed by atoms with Gasteiger partial charge in [0.15, 0.2) is 0 Å². The minimum Gasteiger partial charge on any atom is -0.550 e. The Morgan fingerprint density at radius 2 is 2.05 bits per heavy atom. The summed E-state index contributed by atoms with van der Waals surface area (Å²) in [4.78, 5) is 27.5. The zero-order valence-corrected chi connectivity index (χ0v) is 11.6. The first-order valence-electron chi connectivity index (χ1n) is 7.29. The summed E-state index contributed by atoms with van der Waals surface area (Å²) in [7, 11) is 0. The normalized spacial score (nSPS) is 29.7. The van der Waals surface area contributed by atoms with Crippen LogP contribution in [0, 0.1) is 23.7 Å². The Hall–Kier alpha value is -2.11. The van der Waals surface area contributed by atoms with E-state index in [4.69, 9.17) is 0 Å². The fourth-order valence-electron chi connectivity index (χ4n) is 3.51. The number of fused-ring (bicyclic) bond motifs is 2. The lowest BCUT2D eigenvalue weighted by Gasteiger charge is -2.27. The molecule has 1 aromatic rings. The van der Waals surface area contributed by atoms with E-state index in [9.17, 15) is 14.7 Å². The maximum Gasteiger partial charge on any atom is 0.224 e. The van der Waals surface area contributed by atoms with E-state index in [1.54, 1.807) is 12.5 Å². The van der Waals surface area contributed by atoms with Crippen LogP contribution < -0.4 is 10.4 Å². The number of carbonyl (C=O) groups excluding carboxylic acids is 2. The van der Waals surface area contributed by atoms with Crippen LogP contribution in [0.5, 0.6) is 0 Å². The van der Waals surface area contributed by atoms with Gasteiger partial charge < -0.3 is 19.8 Å². The molecule has 0 aliphatic heterocycles. The lowest BCUT2D eigenvalue weighted by molar-refractivity contribution is -0.313. The molecule has 0 aromatic carbocycles. The van der Waals surface area contributed by atoms with Gasteiger partial charge in [0, 0.05) is 37.4 Å². The van der Waals surface area contributed by atoms with E-state index in [1.165, 1.54) is 0 Å². The molecule has 0 unspecified atom stereocenters. The molecule has 4 atom stereocenters. The third-order valence-corrected chi connectivity index (χ3v) is 4.49. The lowest BCUT2D eigenvalue weighted by Crippen LogP contribution is -2.45. The fraction of sp³-hybridized carbons (Fsp3) is 0.533. The van der Waals surface area contributed by atoms with Crippen molar-refractivity contribution in [2.45, 2.75) is 19.4 Å². The minimum absolute atomic E-state index is 0.0401. The number of rotatable bonds is 6. The van der Waals surface area contributed by atoms with Crippen LogP contribution in [0.4, 0.5) is 0 Å². The number of aliphatic carboxylic acids is 1. The minimum atomic E-state index is -1.11. The summed E-state index contributed by atoms with van der Waals surface area (Å²) in [5.41, 5.74) is 0. The molecular weight excluding hydrogens is 270 g/mol. The predicted octanol–water partition coefficient (Wildman–Crippen LogP) is -0.422. The number of nitrogens with one attached hydrogen (secondary N) is 1. The molecule has 2 aliphatic rings. The van der Waals surface area contributed by atoms with Crippen molar-refractivity contribution in [2.24, 2.45) is 23.7 Å². The monoisotopic (exact) mass is 288 g/mol. The summed E-state index contributed by atoms with van der Waals surface area (Å²) in [6, 6.07) is 0. The molecule has 2 bridgehead atoms. The van der Waals surface area contributed by atoms with Crippen molar-refractivity contribution >= 4 is 11.9 Å². The topological polar surface area (TPSA) is 87.0 Å². The number of aryl methyl sites for hydroxylation is 1. The highest BCUT2D eigenvalue weighted by Gasteiger charge is 2.48. The highest BCUT2D eigenvalue weighted by molar-refractivity contribution is 5.86. The Labute approximate surface area is 122 Å². The standard InChI is InChI=1S/C15H19N3O3/c19-14(17-4-1-6-18-7-5-16-9-18)12-10-2-3-11(8-10)13(12)15(20)21/h2-3,5,7,9-13H,1,4,6,8H2,(H,17,19)(H,20,21)/p-1/t10-,11-,12-,13-/m0/s1. The first-order valence-corrected chi connectivity index (χ1v) is 7.29. The summed E-state index contributed by atoms with van der Waals surface area (Å²) < 4.78 is 1.94. The molecule has 1 amide bonds. The molecule has 6 nitrogen and oxygen atoms in total. The molecule has 1 N–H and O–H groups in total. The van der Waals surface area contributed by atoms with Gasteiger partial charge in [-0.05, 0) is 24.7 Å². The van der Waals surface area contributed by atoms with Crippen LogP contribution >= 0.6 is 0 Å². The predicted molar refractivity (Wildman–Crippen MR) is 72.6 cm³/mol. The molecular formula is C15H18N3O3-. The zero-order chi connectivity index (χ0) is 14.8. The van der Waals surface area contributed by atoms with Crippen LogP contribution in [0.2, 0.25) is 0 Å². The number of imidazole rings is 1. The number of carboxylic acids is 1. The van der Waals surface area contributed by atoms with Gasteiger partial charge in [-0.3, -0.25) is 4.79 Å². The van der Waals surface area contributed by atoms with Crippen molar-refractivity contribution < 1.29 is 14.7 Å². The maximum absolute atomic E-state index is 12.3. The van der Waals surface area contributed by atoms with Crippen LogP contribution in [0.25, 0.3) is 0 Å². The Morgan fingerprint density at radius 3 is 2.71 bits per heavy atom. The van der Waals surface area contributed by atoms with Gasteiger partial charge in [-0.15, -0.1) is 0 Å². The van der Waals surface area contributed by atoms with E-state index in [-0.39, 0.29) is 17.7 Å². The molecule has 0 radical (unpaired) electrons. The number of carboxylic acid groups (broad SMARTS) is 1. The van der Waals surface area contributed by atoms with Crippen molar-refractivity contribution in [2.75, 3.05) is 6.54 Å². The Bertz CT molecular complexity index is 553. The van der Waals surface area contributed by atoms with Gasteiger partial charge in [-0.1, -0.05) is 12.2 Å². The van der Waals surface area contributed by atoms with Gasteiger partial charge in [-0.25, -0.2) is 4.98 Å². The molecule has 6 heteroatoms. The molecule has 1 heterocycles. The number of carbonyl (C=O) groups is 2. The lowest BCUT2D eigenvalue weighted by atomic mass is 9.82. The maximum atomic E-state index is 12.3. The second-order valence-electron chi connectivity index (χ2n) is 5.76. The number of nitrogens with zero attached hydrogens (tertiary/aromatic N) is 2. The molecule has 0 spiro atoms. The number of aromatic nitrogens is 2. The van der Waals surface area contributed by atoms with Gasteiger partial charge in [0.25, 0.3) is 0 Å². The molecule has 0 saturated heterocycles. The van der Waals surface area contributed by atoms with E-state index >= 15 is 0 Å². The number of allylic oxidation sites excluding steroid dienone is 2. The van der Waals surface area contributed by atoms with Crippen LogP contribution in [0.15, 0.2) is 30.9 Å². The summed E-state index contributed by atoms with van der Waals surface area (Å²) in [6.45, 7) is 1.31. The fourth-order valence-corrected chi connectivity index (χ4v) is 3.51.